The Labute approximate surface area is 196 Å². The predicted octanol–water partition coefficient (Wildman–Crippen LogP) is 3.73. The van der Waals surface area contributed by atoms with Crippen LogP contribution in [0.2, 0.25) is 0 Å². The molecule has 1 amide bonds. The second-order valence-electron chi connectivity index (χ2n) is 8.44. The van der Waals surface area contributed by atoms with Crippen molar-refractivity contribution in [2.45, 2.75) is 50.5 Å². The molecule has 1 saturated carbocycles. The Kier molecular flexibility index (Phi) is 8.71. The molecule has 2 aromatic carbocycles. The number of aliphatic imine (C=N–C) groups is 1. The van der Waals surface area contributed by atoms with Gasteiger partial charge in [0.05, 0.1) is 12.7 Å². The Morgan fingerprint density at radius 2 is 1.82 bits per heavy atom. The molecule has 7 nitrogen and oxygen atoms in total. The van der Waals surface area contributed by atoms with Crippen molar-refractivity contribution in [1.29, 1.82) is 5.26 Å². The zero-order valence-electron chi connectivity index (χ0n) is 19.4. The first-order chi connectivity index (χ1) is 16.1. The van der Waals surface area contributed by atoms with Crippen molar-refractivity contribution >= 4 is 11.9 Å². The number of benzene rings is 2. The molecule has 0 atom stereocenters. The average molecular weight is 448 g/mol. The molecule has 174 valence electrons. The minimum absolute atomic E-state index is 0.129. The maximum atomic E-state index is 13.0. The van der Waals surface area contributed by atoms with Gasteiger partial charge in [-0.25, -0.2) is 0 Å². The van der Waals surface area contributed by atoms with Gasteiger partial charge in [0.1, 0.15) is 5.75 Å². The number of carbonyl (C=O) groups is 1. The number of hydrogen-bond acceptors (Lipinski definition) is 4. The highest BCUT2D eigenvalue weighted by Crippen LogP contribution is 2.39. The molecule has 1 fully saturated rings. The van der Waals surface area contributed by atoms with Crippen LogP contribution in [0.25, 0.3) is 0 Å². The van der Waals surface area contributed by atoms with E-state index in [9.17, 15) is 4.79 Å². The average Bonchev–Trinajstić information content (AvgIpc) is 2.87. The van der Waals surface area contributed by atoms with Crippen LogP contribution in [0.5, 0.6) is 5.75 Å². The zero-order valence-corrected chi connectivity index (χ0v) is 19.4. The Bertz CT molecular complexity index is 976. The Morgan fingerprint density at radius 1 is 1.12 bits per heavy atom. The third-order valence-electron chi connectivity index (χ3n) is 6.31. The van der Waals surface area contributed by atoms with Gasteiger partial charge in [0, 0.05) is 24.5 Å². The minimum Gasteiger partial charge on any atom is -0.496 e. The van der Waals surface area contributed by atoms with Gasteiger partial charge < -0.3 is 20.7 Å². The molecular weight excluding hydrogens is 414 g/mol. The highest BCUT2D eigenvalue weighted by Gasteiger charge is 2.37. The second-order valence-corrected chi connectivity index (χ2v) is 8.44. The van der Waals surface area contributed by atoms with Gasteiger partial charge in [-0.1, -0.05) is 49.4 Å². The summed E-state index contributed by atoms with van der Waals surface area (Å²) in [5.74, 6) is 0.983. The monoisotopic (exact) mass is 447 g/mol. The Hall–Kier alpha value is -3.53. The minimum atomic E-state index is -0.152. The number of nitrogens with one attached hydrogen (secondary N) is 3. The summed E-state index contributed by atoms with van der Waals surface area (Å²) in [6.45, 7) is 3.39. The summed E-state index contributed by atoms with van der Waals surface area (Å²) in [5.41, 5.74) is 1.62. The van der Waals surface area contributed by atoms with Crippen LogP contribution in [0.3, 0.4) is 0 Å². The van der Waals surface area contributed by atoms with Gasteiger partial charge in [0.2, 0.25) is 12.2 Å². The molecular formula is C26H33N5O2. The molecule has 0 heterocycles. The molecule has 2 aromatic rings. The van der Waals surface area contributed by atoms with Crippen molar-refractivity contribution in [3.63, 3.8) is 0 Å². The maximum Gasteiger partial charge on any atom is 0.255 e. The van der Waals surface area contributed by atoms with E-state index in [-0.39, 0.29) is 17.4 Å². The van der Waals surface area contributed by atoms with Crippen LogP contribution in [0, 0.1) is 11.5 Å². The van der Waals surface area contributed by atoms with Gasteiger partial charge in [-0.2, -0.15) is 5.26 Å². The molecule has 0 radical (unpaired) electrons. The van der Waals surface area contributed by atoms with Crippen LogP contribution >= 0.6 is 0 Å². The van der Waals surface area contributed by atoms with Gasteiger partial charge in [-0.3, -0.25) is 4.79 Å². The van der Waals surface area contributed by atoms with Crippen molar-refractivity contribution < 1.29 is 9.53 Å². The van der Waals surface area contributed by atoms with E-state index in [0.29, 0.717) is 23.8 Å². The number of ether oxygens (including phenoxy) is 1. The number of rotatable bonds is 8. The molecule has 3 N–H and O–H groups in total. The smallest absolute Gasteiger partial charge is 0.255 e. The van der Waals surface area contributed by atoms with Gasteiger partial charge >= 0.3 is 0 Å². The predicted molar refractivity (Wildman–Crippen MR) is 130 cm³/mol. The summed E-state index contributed by atoms with van der Waals surface area (Å²) in [6, 6.07) is 17.9. The van der Waals surface area contributed by atoms with E-state index in [2.05, 4.69) is 52.1 Å². The second kappa shape index (κ2) is 11.9. The van der Waals surface area contributed by atoms with Gasteiger partial charge in [-0.05, 0) is 49.8 Å². The van der Waals surface area contributed by atoms with E-state index < -0.39 is 0 Å². The molecule has 7 heteroatoms. The lowest BCUT2D eigenvalue weighted by atomic mass is 9.68. The van der Waals surface area contributed by atoms with E-state index in [1.54, 1.807) is 19.2 Å². The van der Waals surface area contributed by atoms with Crippen LogP contribution in [0.1, 0.15) is 54.9 Å². The van der Waals surface area contributed by atoms with Crippen LogP contribution in [-0.2, 0) is 5.41 Å². The van der Waals surface area contributed by atoms with Gasteiger partial charge in [0.15, 0.2) is 0 Å². The first kappa shape index (κ1) is 24.1. The van der Waals surface area contributed by atoms with Crippen molar-refractivity contribution in [2.75, 3.05) is 20.2 Å². The molecule has 1 aliphatic rings. The van der Waals surface area contributed by atoms with Gasteiger partial charge in [0.25, 0.3) is 5.91 Å². The highest BCUT2D eigenvalue weighted by molar-refractivity contribution is 5.97. The van der Waals surface area contributed by atoms with E-state index in [0.717, 1.165) is 38.6 Å². The van der Waals surface area contributed by atoms with Gasteiger partial charge in [-0.15, -0.1) is 4.99 Å². The molecule has 3 rings (SSSR count). The number of nitriles is 1. The largest absolute Gasteiger partial charge is 0.496 e. The number of amides is 1. The van der Waals surface area contributed by atoms with Crippen molar-refractivity contribution in [3.8, 4) is 11.9 Å². The zero-order chi connectivity index (χ0) is 23.5. The van der Waals surface area contributed by atoms with Crippen LogP contribution < -0.4 is 20.7 Å². The number of carbonyl (C=O) groups excluding carboxylic acids is 1. The van der Waals surface area contributed by atoms with Crippen molar-refractivity contribution in [2.24, 2.45) is 4.99 Å². The fourth-order valence-electron chi connectivity index (χ4n) is 4.46. The van der Waals surface area contributed by atoms with E-state index >= 15 is 0 Å². The van der Waals surface area contributed by atoms with E-state index in [1.807, 2.05) is 24.4 Å². The number of nitrogens with zero attached hydrogens (tertiary/aromatic N) is 2. The Morgan fingerprint density at radius 3 is 2.48 bits per heavy atom. The lowest BCUT2D eigenvalue weighted by Crippen LogP contribution is -2.49. The van der Waals surface area contributed by atoms with E-state index in [1.165, 1.54) is 5.56 Å². The summed E-state index contributed by atoms with van der Waals surface area (Å²) in [5, 5.41) is 18.7. The summed E-state index contributed by atoms with van der Waals surface area (Å²) in [4.78, 5) is 16.9. The third kappa shape index (κ3) is 6.26. The van der Waals surface area contributed by atoms with Crippen LogP contribution in [0.15, 0.2) is 59.6 Å². The number of para-hydroxylation sites is 1. The topological polar surface area (TPSA) is 98.5 Å². The fraction of sp³-hybridized carbons (Fsp3) is 0.423. The van der Waals surface area contributed by atoms with Crippen molar-refractivity contribution in [3.05, 3.63) is 65.7 Å². The molecule has 0 saturated heterocycles. The lowest BCUT2D eigenvalue weighted by molar-refractivity contribution is 0.0932. The van der Waals surface area contributed by atoms with E-state index in [4.69, 9.17) is 10.00 Å². The molecule has 33 heavy (non-hydrogen) atoms. The SMILES string of the molecule is CCCN/C(=N\C#N)NC1CCC(CNC(=O)c2ccccc2OC)(c2ccccc2)CC1. The fourth-order valence-corrected chi connectivity index (χ4v) is 4.46. The molecule has 0 unspecified atom stereocenters. The van der Waals surface area contributed by atoms with Crippen LogP contribution in [0.4, 0.5) is 0 Å². The first-order valence-corrected chi connectivity index (χ1v) is 11.6. The molecule has 0 bridgehead atoms. The molecule has 0 aromatic heterocycles. The Balaban J connectivity index is 1.71. The van der Waals surface area contributed by atoms with Crippen molar-refractivity contribution in [1.82, 2.24) is 16.0 Å². The summed E-state index contributed by atoms with van der Waals surface area (Å²) in [7, 11) is 1.57. The first-order valence-electron chi connectivity index (χ1n) is 11.6. The third-order valence-corrected chi connectivity index (χ3v) is 6.31. The summed E-state index contributed by atoms with van der Waals surface area (Å²) in [6.07, 6.45) is 6.48. The highest BCUT2D eigenvalue weighted by atomic mass is 16.5. The molecule has 0 aliphatic heterocycles. The molecule has 0 spiro atoms. The normalized spacial score (nSPS) is 20.4. The number of hydrogen-bond donors (Lipinski definition) is 3. The maximum absolute atomic E-state index is 13.0. The number of guanidine groups is 1. The lowest BCUT2D eigenvalue weighted by Gasteiger charge is -2.41. The summed E-state index contributed by atoms with van der Waals surface area (Å²) >= 11 is 0. The molecule has 1 aliphatic carbocycles. The summed E-state index contributed by atoms with van der Waals surface area (Å²) < 4.78 is 5.36. The quantitative estimate of drug-likeness (QED) is 0.325. The number of methoxy groups -OCH3 is 1. The standard InChI is InChI=1S/C26H33N5O2/c1-3-17-28-25(30-19-27)31-21-13-15-26(16-14-21,20-9-5-4-6-10-20)18-29-24(32)22-11-7-8-12-23(22)33-2/h4-12,21H,3,13-18H2,1-2H3,(H,29,32)(H2,28,30,31). The van der Waals surface area contributed by atoms with Crippen LogP contribution in [-0.4, -0.2) is 38.1 Å².